The van der Waals surface area contributed by atoms with Gasteiger partial charge in [0.15, 0.2) is 0 Å². The maximum Gasteiger partial charge on any atom is 0.135 e. The van der Waals surface area contributed by atoms with Crippen LogP contribution in [0.4, 0.5) is 34.1 Å². The molecule has 0 spiro atoms. The highest BCUT2D eigenvalue weighted by atomic mass is 32.1. The Morgan fingerprint density at radius 1 is 0.212 bits per heavy atom. The molecule has 3 heterocycles. The van der Waals surface area contributed by atoms with Crippen molar-refractivity contribution in [2.24, 2.45) is 0 Å². The Hall–Kier alpha value is -11.0. The number of hydrogen-bond acceptors (Lipinski definition) is 5. The average molecular weight is 1100 g/mol. The van der Waals surface area contributed by atoms with Gasteiger partial charge in [-0.2, -0.15) is 0 Å². The molecule has 398 valence electrons. The summed E-state index contributed by atoms with van der Waals surface area (Å²) in [6, 6.07) is 110. The molecule has 17 aromatic rings. The van der Waals surface area contributed by atoms with Gasteiger partial charge in [0.05, 0.1) is 0 Å². The monoisotopic (exact) mass is 1100 g/mol. The molecule has 0 amide bonds. The van der Waals surface area contributed by atoms with Gasteiger partial charge in [-0.3, -0.25) is 0 Å². The highest BCUT2D eigenvalue weighted by molar-refractivity contribution is 7.27. The molecular formula is C80H50N2O2S. The third-order valence-corrected chi connectivity index (χ3v) is 18.1. The number of fused-ring (bicyclic) bond motifs is 14. The highest BCUT2D eigenvalue weighted by Gasteiger charge is 2.24. The molecule has 0 aliphatic carbocycles. The molecule has 0 atom stereocenters. The molecule has 0 unspecified atom stereocenters. The quantitative estimate of drug-likeness (QED) is 0.128. The minimum absolute atomic E-state index is 0.862. The SMILES string of the molecule is c1ccc(-c2cc(-c3ccccc3)cc(N(c3ccc4c(c3)sc3c5ccc(N(c6cc(-c7ccccc7)cc(-c7ccccc7)c6)c6ccc7oc8ccccc8c7c6)cc5c5ccccc5c43)c3ccc4oc5ccccc5c4c3)c2)cc1. The van der Waals surface area contributed by atoms with Gasteiger partial charge in [0, 0.05) is 81.2 Å². The van der Waals surface area contributed by atoms with E-state index in [2.05, 4.69) is 301 Å². The number of anilines is 6. The Morgan fingerprint density at radius 3 is 1.02 bits per heavy atom. The Bertz CT molecular complexity index is 5320. The summed E-state index contributed by atoms with van der Waals surface area (Å²) < 4.78 is 15.3. The van der Waals surface area contributed by atoms with Crippen molar-refractivity contribution in [2.75, 3.05) is 9.80 Å². The van der Waals surface area contributed by atoms with Crippen LogP contribution in [0.3, 0.4) is 0 Å². The number of rotatable bonds is 10. The topological polar surface area (TPSA) is 32.8 Å². The van der Waals surface area contributed by atoms with Gasteiger partial charge >= 0.3 is 0 Å². The van der Waals surface area contributed by atoms with E-state index in [1.807, 2.05) is 23.5 Å². The number of para-hydroxylation sites is 2. The van der Waals surface area contributed by atoms with Gasteiger partial charge in [0.25, 0.3) is 0 Å². The van der Waals surface area contributed by atoms with Crippen LogP contribution in [0.25, 0.3) is 130 Å². The van der Waals surface area contributed by atoms with Crippen molar-refractivity contribution in [2.45, 2.75) is 0 Å². The summed E-state index contributed by atoms with van der Waals surface area (Å²) in [6.07, 6.45) is 0. The molecule has 0 saturated carbocycles. The summed E-state index contributed by atoms with van der Waals surface area (Å²) in [4.78, 5) is 4.87. The van der Waals surface area contributed by atoms with Gasteiger partial charge < -0.3 is 18.6 Å². The number of furan rings is 2. The lowest BCUT2D eigenvalue weighted by Gasteiger charge is -2.27. The number of hydrogen-bond donors (Lipinski definition) is 0. The molecule has 0 saturated heterocycles. The summed E-state index contributed by atoms with van der Waals surface area (Å²) in [7, 11) is 0. The predicted octanol–water partition coefficient (Wildman–Crippen LogP) is 23.8. The van der Waals surface area contributed by atoms with Crippen molar-refractivity contribution in [3.8, 4) is 44.5 Å². The lowest BCUT2D eigenvalue weighted by molar-refractivity contribution is 0.668. The van der Waals surface area contributed by atoms with E-state index in [0.717, 1.165) is 123 Å². The van der Waals surface area contributed by atoms with E-state index in [4.69, 9.17) is 8.83 Å². The van der Waals surface area contributed by atoms with E-state index in [1.54, 1.807) is 0 Å². The molecule has 85 heavy (non-hydrogen) atoms. The Morgan fingerprint density at radius 2 is 0.565 bits per heavy atom. The van der Waals surface area contributed by atoms with Gasteiger partial charge in [0.2, 0.25) is 0 Å². The molecule has 0 bridgehead atoms. The van der Waals surface area contributed by atoms with Crippen LogP contribution in [0.15, 0.2) is 312 Å². The van der Waals surface area contributed by atoms with Gasteiger partial charge in [-0.15, -0.1) is 11.3 Å². The molecule has 0 aliphatic rings. The minimum atomic E-state index is 0.862. The second-order valence-electron chi connectivity index (χ2n) is 22.0. The summed E-state index contributed by atoms with van der Waals surface area (Å²) in [6.45, 7) is 0. The van der Waals surface area contributed by atoms with E-state index in [9.17, 15) is 0 Å². The van der Waals surface area contributed by atoms with Crippen LogP contribution in [-0.4, -0.2) is 0 Å². The fraction of sp³-hybridized carbons (Fsp3) is 0. The molecule has 14 aromatic carbocycles. The van der Waals surface area contributed by atoms with Crippen molar-refractivity contribution in [3.63, 3.8) is 0 Å². The van der Waals surface area contributed by atoms with E-state index in [0.29, 0.717) is 0 Å². The van der Waals surface area contributed by atoms with Crippen LogP contribution < -0.4 is 9.80 Å². The van der Waals surface area contributed by atoms with E-state index in [1.165, 1.54) is 41.7 Å². The van der Waals surface area contributed by atoms with Crippen molar-refractivity contribution in [1.82, 2.24) is 0 Å². The smallest absolute Gasteiger partial charge is 0.135 e. The Labute approximate surface area is 494 Å². The normalized spacial score (nSPS) is 11.8. The maximum atomic E-state index is 6.44. The summed E-state index contributed by atoms with van der Waals surface area (Å²) >= 11 is 1.88. The zero-order chi connectivity index (χ0) is 56.0. The summed E-state index contributed by atoms with van der Waals surface area (Å²) in [5.41, 5.74) is 19.0. The fourth-order valence-corrected chi connectivity index (χ4v) is 14.3. The van der Waals surface area contributed by atoms with E-state index in [-0.39, 0.29) is 0 Å². The standard InChI is InChI=1S/C80H50N2O2S/c1-5-19-51(20-6-1)55-41-56(52-21-7-2-8-22-52)44-63(43-55)81(60-35-39-76-72(48-60)66-28-15-17-31-74(66)83-76)59-33-37-69-71(47-59)65-27-13-14-30-68(65)79-70-38-34-62(50-78(70)85-80(69)79)82(61-36-40-77-73(49-61)67-29-16-18-32-75(67)84-77)64-45-57(53-23-9-3-10-24-53)42-58(46-64)54-25-11-4-12-26-54/h1-50H. The third-order valence-electron chi connectivity index (χ3n) is 16.9. The van der Waals surface area contributed by atoms with Crippen LogP contribution in [-0.2, 0) is 0 Å². The molecule has 0 fully saturated rings. The van der Waals surface area contributed by atoms with Crippen LogP contribution in [0.2, 0.25) is 0 Å². The lowest BCUT2D eigenvalue weighted by Crippen LogP contribution is -2.10. The first-order valence-corrected chi connectivity index (χ1v) is 29.7. The van der Waals surface area contributed by atoms with E-state index >= 15 is 0 Å². The molecule has 4 nitrogen and oxygen atoms in total. The van der Waals surface area contributed by atoms with E-state index < -0.39 is 0 Å². The average Bonchev–Trinajstić information content (AvgIpc) is 2.08. The van der Waals surface area contributed by atoms with Gasteiger partial charge in [-0.05, 0) is 170 Å². The highest BCUT2D eigenvalue weighted by Crippen LogP contribution is 2.50. The molecular weight excluding hydrogens is 1050 g/mol. The Balaban J connectivity index is 0.878. The van der Waals surface area contributed by atoms with Crippen LogP contribution >= 0.6 is 11.3 Å². The van der Waals surface area contributed by atoms with Gasteiger partial charge in [-0.1, -0.05) is 194 Å². The first-order chi connectivity index (χ1) is 42.1. The second-order valence-corrected chi connectivity index (χ2v) is 23.0. The zero-order valence-corrected chi connectivity index (χ0v) is 46.8. The van der Waals surface area contributed by atoms with Gasteiger partial charge in [-0.25, -0.2) is 0 Å². The van der Waals surface area contributed by atoms with Crippen molar-refractivity contribution in [3.05, 3.63) is 303 Å². The number of thiophene rings is 1. The van der Waals surface area contributed by atoms with Gasteiger partial charge in [0.1, 0.15) is 22.3 Å². The molecule has 0 aliphatic heterocycles. The van der Waals surface area contributed by atoms with Crippen LogP contribution in [0.1, 0.15) is 0 Å². The molecule has 17 rings (SSSR count). The molecule has 0 radical (unpaired) electrons. The number of nitrogens with zero attached hydrogens (tertiary/aromatic N) is 2. The molecule has 3 aromatic heterocycles. The number of benzene rings is 14. The van der Waals surface area contributed by atoms with Crippen molar-refractivity contribution >= 4 is 131 Å². The van der Waals surface area contributed by atoms with Crippen LogP contribution in [0.5, 0.6) is 0 Å². The first-order valence-electron chi connectivity index (χ1n) is 28.9. The lowest BCUT2D eigenvalue weighted by atomic mass is 9.95. The summed E-state index contributed by atoms with van der Waals surface area (Å²) in [5, 5.41) is 11.7. The molecule has 5 heteroatoms. The molecule has 0 N–H and O–H groups in total. The second kappa shape index (κ2) is 19.9. The zero-order valence-electron chi connectivity index (χ0n) is 46.0. The first kappa shape index (κ1) is 48.7. The predicted molar refractivity (Wildman–Crippen MR) is 360 cm³/mol. The summed E-state index contributed by atoms with van der Waals surface area (Å²) in [5.74, 6) is 0. The van der Waals surface area contributed by atoms with Crippen molar-refractivity contribution in [1.29, 1.82) is 0 Å². The van der Waals surface area contributed by atoms with Crippen LogP contribution in [0, 0.1) is 0 Å². The maximum absolute atomic E-state index is 6.44. The fourth-order valence-electron chi connectivity index (χ4n) is 13.0. The third kappa shape index (κ3) is 8.35. The Kier molecular flexibility index (Phi) is 11.4. The minimum Gasteiger partial charge on any atom is -0.456 e. The van der Waals surface area contributed by atoms with Crippen molar-refractivity contribution < 1.29 is 8.83 Å². The largest absolute Gasteiger partial charge is 0.456 e.